The maximum Gasteiger partial charge on any atom is 0.170 e. The number of benzene rings is 1. The molecule has 1 aromatic carbocycles. The van der Waals surface area contributed by atoms with Crippen LogP contribution in [-0.4, -0.2) is 27.2 Å². The average molecular weight is 259 g/mol. The number of nitrogens with zero attached hydrogens (tertiary/aromatic N) is 3. The Morgan fingerprint density at radius 3 is 2.95 bits per heavy atom. The van der Waals surface area contributed by atoms with Gasteiger partial charge in [0, 0.05) is 12.1 Å². The fourth-order valence-electron chi connectivity index (χ4n) is 1.86. The minimum atomic E-state index is 0.0178. The van der Waals surface area contributed by atoms with Gasteiger partial charge in [0.2, 0.25) is 0 Å². The van der Waals surface area contributed by atoms with Gasteiger partial charge in [0.05, 0.1) is 13.0 Å². The van der Waals surface area contributed by atoms with Crippen molar-refractivity contribution >= 4 is 5.78 Å². The summed E-state index contributed by atoms with van der Waals surface area (Å²) in [4.78, 5) is 16.3. The van der Waals surface area contributed by atoms with Crippen LogP contribution in [0.5, 0.6) is 5.75 Å². The number of hydrogen-bond acceptors (Lipinski definition) is 4. The molecule has 0 N–H and O–H groups in total. The Kier molecular flexibility index (Phi) is 4.28. The summed E-state index contributed by atoms with van der Waals surface area (Å²) < 4.78 is 7.12. The Hall–Kier alpha value is -2.17. The van der Waals surface area contributed by atoms with E-state index in [1.165, 1.54) is 6.33 Å². The lowest BCUT2D eigenvalue weighted by molar-refractivity contribution is 0.0989. The quantitative estimate of drug-likeness (QED) is 0.746. The van der Waals surface area contributed by atoms with E-state index in [0.29, 0.717) is 30.3 Å². The molecule has 0 aliphatic rings. The fraction of sp³-hybridized carbons (Fsp3) is 0.357. The maximum atomic E-state index is 12.2. The molecule has 1 aromatic heterocycles. The van der Waals surface area contributed by atoms with Gasteiger partial charge in [-0.2, -0.15) is 5.10 Å². The zero-order valence-electron chi connectivity index (χ0n) is 11.2. The second-order valence-corrected chi connectivity index (χ2v) is 4.05. The van der Waals surface area contributed by atoms with E-state index in [1.54, 1.807) is 16.8 Å². The SMILES string of the molecule is CCOc1cccc(C(=O)Cc2ncnn2CC)c1. The van der Waals surface area contributed by atoms with Crippen molar-refractivity contribution in [3.8, 4) is 5.75 Å². The summed E-state index contributed by atoms with van der Waals surface area (Å²) in [6.07, 6.45) is 1.73. The van der Waals surface area contributed by atoms with Crippen LogP contribution in [0.1, 0.15) is 30.0 Å². The molecule has 0 saturated heterocycles. The molecule has 0 saturated carbocycles. The van der Waals surface area contributed by atoms with Crippen molar-refractivity contribution in [1.82, 2.24) is 14.8 Å². The van der Waals surface area contributed by atoms with Gasteiger partial charge in [-0.15, -0.1) is 0 Å². The molecule has 0 bridgehead atoms. The maximum absolute atomic E-state index is 12.2. The van der Waals surface area contributed by atoms with E-state index in [4.69, 9.17) is 4.74 Å². The van der Waals surface area contributed by atoms with Crippen molar-refractivity contribution in [2.45, 2.75) is 26.8 Å². The van der Waals surface area contributed by atoms with E-state index in [9.17, 15) is 4.79 Å². The van der Waals surface area contributed by atoms with Gasteiger partial charge >= 0.3 is 0 Å². The van der Waals surface area contributed by atoms with Gasteiger partial charge < -0.3 is 4.74 Å². The van der Waals surface area contributed by atoms with E-state index >= 15 is 0 Å². The number of Topliss-reactive ketones (excluding diaryl/α,β-unsaturated/α-hetero) is 1. The van der Waals surface area contributed by atoms with Crippen molar-refractivity contribution in [3.05, 3.63) is 42.0 Å². The average Bonchev–Trinajstić information content (AvgIpc) is 2.86. The molecule has 0 spiro atoms. The summed E-state index contributed by atoms with van der Waals surface area (Å²) in [5, 5.41) is 4.06. The molecule has 0 aliphatic carbocycles. The highest BCUT2D eigenvalue weighted by Crippen LogP contribution is 2.15. The second-order valence-electron chi connectivity index (χ2n) is 4.05. The van der Waals surface area contributed by atoms with E-state index in [1.807, 2.05) is 26.0 Å². The number of aryl methyl sites for hydroxylation is 1. The molecule has 0 unspecified atom stereocenters. The van der Waals surface area contributed by atoms with Gasteiger partial charge in [0.1, 0.15) is 17.9 Å². The Bertz CT molecular complexity index is 563. The van der Waals surface area contributed by atoms with Crippen molar-refractivity contribution < 1.29 is 9.53 Å². The van der Waals surface area contributed by atoms with Crippen LogP contribution in [0.2, 0.25) is 0 Å². The van der Waals surface area contributed by atoms with E-state index in [2.05, 4.69) is 10.1 Å². The van der Waals surface area contributed by atoms with Gasteiger partial charge in [-0.3, -0.25) is 4.79 Å². The van der Waals surface area contributed by atoms with Crippen molar-refractivity contribution in [1.29, 1.82) is 0 Å². The molecular weight excluding hydrogens is 242 g/mol. The zero-order chi connectivity index (χ0) is 13.7. The summed E-state index contributed by atoms with van der Waals surface area (Å²) in [5.74, 6) is 1.42. The lowest BCUT2D eigenvalue weighted by Crippen LogP contribution is -2.11. The molecule has 0 fully saturated rings. The summed E-state index contributed by atoms with van der Waals surface area (Å²) in [5.41, 5.74) is 0.636. The third-order valence-electron chi connectivity index (χ3n) is 2.78. The number of ketones is 1. The first-order valence-electron chi connectivity index (χ1n) is 6.37. The fourth-order valence-corrected chi connectivity index (χ4v) is 1.86. The minimum absolute atomic E-state index is 0.0178. The molecule has 5 nitrogen and oxygen atoms in total. The number of rotatable bonds is 6. The molecule has 1 heterocycles. The number of aromatic nitrogens is 3. The highest BCUT2D eigenvalue weighted by molar-refractivity contribution is 5.97. The zero-order valence-corrected chi connectivity index (χ0v) is 11.2. The summed E-state index contributed by atoms with van der Waals surface area (Å²) in [6.45, 7) is 5.18. The van der Waals surface area contributed by atoms with Crippen LogP contribution in [0.15, 0.2) is 30.6 Å². The third kappa shape index (κ3) is 3.19. The number of carbonyl (C=O) groups excluding carboxylic acids is 1. The smallest absolute Gasteiger partial charge is 0.170 e. The molecule has 0 atom stereocenters. The lowest BCUT2D eigenvalue weighted by Gasteiger charge is -2.06. The van der Waals surface area contributed by atoms with Crippen molar-refractivity contribution in [2.75, 3.05) is 6.61 Å². The molecular formula is C14H17N3O2. The Labute approximate surface area is 112 Å². The third-order valence-corrected chi connectivity index (χ3v) is 2.78. The van der Waals surface area contributed by atoms with Gasteiger partial charge in [-0.1, -0.05) is 12.1 Å². The topological polar surface area (TPSA) is 57.0 Å². The number of ether oxygens (including phenoxy) is 1. The molecule has 0 radical (unpaired) electrons. The molecule has 100 valence electrons. The first-order valence-corrected chi connectivity index (χ1v) is 6.37. The molecule has 0 aliphatic heterocycles. The van der Waals surface area contributed by atoms with Crippen molar-refractivity contribution in [3.63, 3.8) is 0 Å². The van der Waals surface area contributed by atoms with Crippen LogP contribution in [0.4, 0.5) is 0 Å². The van der Waals surface area contributed by atoms with Crippen LogP contribution >= 0.6 is 0 Å². The van der Waals surface area contributed by atoms with Crippen LogP contribution in [-0.2, 0) is 13.0 Å². The minimum Gasteiger partial charge on any atom is -0.494 e. The van der Waals surface area contributed by atoms with Crippen LogP contribution in [0, 0.1) is 0 Å². The second kappa shape index (κ2) is 6.13. The highest BCUT2D eigenvalue weighted by atomic mass is 16.5. The summed E-state index contributed by atoms with van der Waals surface area (Å²) in [7, 11) is 0. The van der Waals surface area contributed by atoms with Gasteiger partial charge in [0.25, 0.3) is 0 Å². The van der Waals surface area contributed by atoms with Crippen LogP contribution in [0.25, 0.3) is 0 Å². The largest absolute Gasteiger partial charge is 0.494 e. The monoisotopic (exact) mass is 259 g/mol. The predicted octanol–water partition coefficient (Wildman–Crippen LogP) is 2.12. The van der Waals surface area contributed by atoms with Crippen LogP contribution in [0.3, 0.4) is 0 Å². The molecule has 2 aromatic rings. The van der Waals surface area contributed by atoms with Crippen molar-refractivity contribution in [2.24, 2.45) is 0 Å². The molecule has 0 amide bonds. The molecule has 2 rings (SSSR count). The Morgan fingerprint density at radius 1 is 1.37 bits per heavy atom. The molecule has 5 heteroatoms. The standard InChI is InChI=1S/C14H17N3O2/c1-3-17-14(15-10-16-17)9-13(18)11-6-5-7-12(8-11)19-4-2/h5-8,10H,3-4,9H2,1-2H3. The highest BCUT2D eigenvalue weighted by Gasteiger charge is 2.12. The summed E-state index contributed by atoms with van der Waals surface area (Å²) >= 11 is 0. The van der Waals surface area contributed by atoms with Crippen LogP contribution < -0.4 is 4.74 Å². The Balaban J connectivity index is 2.13. The van der Waals surface area contributed by atoms with E-state index in [-0.39, 0.29) is 12.2 Å². The lowest BCUT2D eigenvalue weighted by atomic mass is 10.1. The van der Waals surface area contributed by atoms with Gasteiger partial charge in [-0.25, -0.2) is 9.67 Å². The number of carbonyl (C=O) groups is 1. The summed E-state index contributed by atoms with van der Waals surface area (Å²) in [6, 6.07) is 7.22. The normalized spacial score (nSPS) is 10.4. The number of hydrogen-bond donors (Lipinski definition) is 0. The van der Waals surface area contributed by atoms with Gasteiger partial charge in [-0.05, 0) is 26.0 Å². The van der Waals surface area contributed by atoms with E-state index in [0.717, 1.165) is 0 Å². The first kappa shape index (κ1) is 13.3. The predicted molar refractivity (Wildman–Crippen MR) is 71.3 cm³/mol. The van der Waals surface area contributed by atoms with E-state index < -0.39 is 0 Å². The molecule has 19 heavy (non-hydrogen) atoms. The van der Waals surface area contributed by atoms with Gasteiger partial charge in [0.15, 0.2) is 5.78 Å². The first-order chi connectivity index (χ1) is 9.24. The Morgan fingerprint density at radius 2 is 2.21 bits per heavy atom.